The van der Waals surface area contributed by atoms with Crippen molar-refractivity contribution in [2.24, 2.45) is 0 Å². The van der Waals surface area contributed by atoms with Crippen molar-refractivity contribution in [2.75, 3.05) is 39.3 Å². The van der Waals surface area contributed by atoms with Crippen LogP contribution in [0.1, 0.15) is 35.9 Å². The lowest BCUT2D eigenvalue weighted by Crippen LogP contribution is -2.40. The number of hydrogen-bond acceptors (Lipinski definition) is 4. The van der Waals surface area contributed by atoms with Crippen LogP contribution in [0.5, 0.6) is 0 Å². The molecule has 0 aromatic carbocycles. The highest BCUT2D eigenvalue weighted by molar-refractivity contribution is 5.92. The van der Waals surface area contributed by atoms with Crippen molar-refractivity contribution in [2.45, 2.75) is 26.7 Å². The van der Waals surface area contributed by atoms with Crippen molar-refractivity contribution in [3.63, 3.8) is 0 Å². The van der Waals surface area contributed by atoms with E-state index >= 15 is 0 Å². The maximum absolute atomic E-state index is 12.5. The minimum absolute atomic E-state index is 0.0222. The molecule has 0 unspecified atom stereocenters. The summed E-state index contributed by atoms with van der Waals surface area (Å²) in [6, 6.07) is 5.50. The Labute approximate surface area is 137 Å². The molecule has 1 aliphatic heterocycles. The first-order valence-electron chi connectivity index (χ1n) is 8.32. The fourth-order valence-corrected chi connectivity index (χ4v) is 2.68. The van der Waals surface area contributed by atoms with Gasteiger partial charge >= 0.3 is 0 Å². The molecule has 0 aliphatic carbocycles. The number of carbonyl (C=O) groups excluding carboxylic acids is 2. The quantitative estimate of drug-likeness (QED) is 0.882. The van der Waals surface area contributed by atoms with E-state index in [9.17, 15) is 9.59 Å². The Hall–Kier alpha value is -1.95. The summed E-state index contributed by atoms with van der Waals surface area (Å²) in [6.45, 7) is 7.95. The molecule has 1 saturated heterocycles. The predicted molar refractivity (Wildman–Crippen MR) is 89.2 cm³/mol. The normalized spacial score (nSPS) is 16.0. The highest BCUT2D eigenvalue weighted by Gasteiger charge is 2.22. The molecule has 2 amide bonds. The minimum Gasteiger partial charge on any atom is -0.355 e. The number of pyridine rings is 1. The zero-order valence-electron chi connectivity index (χ0n) is 14.0. The van der Waals surface area contributed by atoms with Gasteiger partial charge in [0.25, 0.3) is 5.91 Å². The second-order valence-corrected chi connectivity index (χ2v) is 5.94. The van der Waals surface area contributed by atoms with Gasteiger partial charge in [-0.2, -0.15) is 0 Å². The van der Waals surface area contributed by atoms with E-state index in [1.54, 1.807) is 6.07 Å². The van der Waals surface area contributed by atoms with Gasteiger partial charge in [0.05, 0.1) is 6.54 Å². The van der Waals surface area contributed by atoms with E-state index < -0.39 is 0 Å². The second kappa shape index (κ2) is 8.62. The number of nitrogens with zero attached hydrogens (tertiary/aromatic N) is 3. The fraction of sp³-hybridized carbons (Fsp3) is 0.588. The standard InChI is InChI=1S/C17H26N4O2/c1-3-8-18-16(22)13-20-9-5-10-21(12-11-20)17(23)15-7-4-6-14(2)19-15/h4,6-7H,3,5,8-13H2,1-2H3,(H,18,22). The number of aromatic nitrogens is 1. The van der Waals surface area contributed by atoms with E-state index in [0.717, 1.165) is 38.2 Å². The molecule has 0 saturated carbocycles. The van der Waals surface area contributed by atoms with Gasteiger partial charge in [-0.05, 0) is 31.9 Å². The van der Waals surface area contributed by atoms with Crippen molar-refractivity contribution in [3.05, 3.63) is 29.6 Å². The maximum atomic E-state index is 12.5. The Morgan fingerprint density at radius 3 is 2.78 bits per heavy atom. The number of hydrogen-bond donors (Lipinski definition) is 1. The van der Waals surface area contributed by atoms with E-state index in [4.69, 9.17) is 0 Å². The lowest BCUT2D eigenvalue weighted by molar-refractivity contribution is -0.122. The summed E-state index contributed by atoms with van der Waals surface area (Å²) in [5.74, 6) is 0.0398. The van der Waals surface area contributed by atoms with E-state index in [1.165, 1.54) is 0 Å². The molecule has 1 aliphatic rings. The summed E-state index contributed by atoms with van der Waals surface area (Å²) in [5, 5.41) is 2.89. The van der Waals surface area contributed by atoms with Crippen LogP contribution in [0.4, 0.5) is 0 Å². The topological polar surface area (TPSA) is 65.5 Å². The Kier molecular flexibility index (Phi) is 6.52. The summed E-state index contributed by atoms with van der Waals surface area (Å²) in [6.07, 6.45) is 1.82. The Morgan fingerprint density at radius 1 is 1.22 bits per heavy atom. The van der Waals surface area contributed by atoms with Crippen LogP contribution in [0.15, 0.2) is 18.2 Å². The highest BCUT2D eigenvalue weighted by atomic mass is 16.2. The van der Waals surface area contributed by atoms with E-state index in [2.05, 4.69) is 15.2 Å². The molecule has 0 radical (unpaired) electrons. The van der Waals surface area contributed by atoms with Gasteiger partial charge in [0, 0.05) is 38.4 Å². The third kappa shape index (κ3) is 5.32. The van der Waals surface area contributed by atoms with Crippen molar-refractivity contribution >= 4 is 11.8 Å². The van der Waals surface area contributed by atoms with Gasteiger partial charge in [-0.3, -0.25) is 14.5 Å². The van der Waals surface area contributed by atoms with E-state index in [1.807, 2.05) is 30.9 Å². The lowest BCUT2D eigenvalue weighted by Gasteiger charge is -2.21. The van der Waals surface area contributed by atoms with Crippen molar-refractivity contribution < 1.29 is 9.59 Å². The van der Waals surface area contributed by atoms with E-state index in [-0.39, 0.29) is 11.8 Å². The first-order chi connectivity index (χ1) is 11.1. The molecule has 2 rings (SSSR count). The molecule has 6 nitrogen and oxygen atoms in total. The van der Waals surface area contributed by atoms with Crippen molar-refractivity contribution in [1.29, 1.82) is 0 Å². The van der Waals surface area contributed by atoms with Gasteiger partial charge < -0.3 is 10.2 Å². The maximum Gasteiger partial charge on any atom is 0.272 e. The second-order valence-electron chi connectivity index (χ2n) is 5.94. The smallest absolute Gasteiger partial charge is 0.272 e. The molecule has 0 bridgehead atoms. The molecule has 2 heterocycles. The molecule has 1 aromatic heterocycles. The fourth-order valence-electron chi connectivity index (χ4n) is 2.68. The number of carbonyl (C=O) groups is 2. The summed E-state index contributed by atoms with van der Waals surface area (Å²) >= 11 is 0. The van der Waals surface area contributed by atoms with Crippen LogP contribution in [-0.4, -0.2) is 65.9 Å². The molecule has 6 heteroatoms. The van der Waals surface area contributed by atoms with Crippen LogP contribution < -0.4 is 5.32 Å². The molecule has 1 fully saturated rings. The average molecular weight is 318 g/mol. The van der Waals surface area contributed by atoms with Crippen LogP contribution in [0, 0.1) is 6.92 Å². The molecular formula is C17H26N4O2. The van der Waals surface area contributed by atoms with Gasteiger partial charge in [0.1, 0.15) is 5.69 Å². The van der Waals surface area contributed by atoms with Crippen molar-refractivity contribution in [3.8, 4) is 0 Å². The monoisotopic (exact) mass is 318 g/mol. The van der Waals surface area contributed by atoms with Gasteiger partial charge in [0.15, 0.2) is 0 Å². The largest absolute Gasteiger partial charge is 0.355 e. The molecule has 0 spiro atoms. The average Bonchev–Trinajstić information content (AvgIpc) is 2.78. The number of rotatable bonds is 5. The summed E-state index contributed by atoms with van der Waals surface area (Å²) in [4.78, 5) is 32.6. The summed E-state index contributed by atoms with van der Waals surface area (Å²) in [5.41, 5.74) is 1.35. The Morgan fingerprint density at radius 2 is 2.04 bits per heavy atom. The number of nitrogens with one attached hydrogen (secondary N) is 1. The molecule has 126 valence electrons. The third-order valence-electron chi connectivity index (χ3n) is 3.92. The zero-order chi connectivity index (χ0) is 16.7. The SMILES string of the molecule is CCCNC(=O)CN1CCCN(C(=O)c2cccc(C)n2)CC1. The minimum atomic E-state index is -0.0222. The van der Waals surface area contributed by atoms with Crippen LogP contribution in [0.25, 0.3) is 0 Å². The van der Waals surface area contributed by atoms with Crippen LogP contribution in [-0.2, 0) is 4.79 Å². The van der Waals surface area contributed by atoms with Gasteiger partial charge in [-0.1, -0.05) is 13.0 Å². The molecular weight excluding hydrogens is 292 g/mol. The van der Waals surface area contributed by atoms with Crippen LogP contribution in [0.3, 0.4) is 0 Å². The number of aryl methyl sites for hydroxylation is 1. The lowest BCUT2D eigenvalue weighted by atomic mass is 10.2. The molecule has 1 N–H and O–H groups in total. The van der Waals surface area contributed by atoms with E-state index in [0.29, 0.717) is 25.3 Å². The van der Waals surface area contributed by atoms with Crippen LogP contribution in [0.2, 0.25) is 0 Å². The first-order valence-corrected chi connectivity index (χ1v) is 8.32. The van der Waals surface area contributed by atoms with Crippen LogP contribution >= 0.6 is 0 Å². The van der Waals surface area contributed by atoms with Gasteiger partial charge in [-0.25, -0.2) is 4.98 Å². The van der Waals surface area contributed by atoms with Crippen molar-refractivity contribution in [1.82, 2.24) is 20.1 Å². The first kappa shape index (κ1) is 17.4. The zero-order valence-corrected chi connectivity index (χ0v) is 14.0. The third-order valence-corrected chi connectivity index (χ3v) is 3.92. The molecule has 0 atom stereocenters. The predicted octanol–water partition coefficient (Wildman–Crippen LogP) is 1.06. The summed E-state index contributed by atoms with van der Waals surface area (Å²) < 4.78 is 0. The highest BCUT2D eigenvalue weighted by Crippen LogP contribution is 2.08. The van der Waals surface area contributed by atoms with Gasteiger partial charge in [0.2, 0.25) is 5.91 Å². The Balaban J connectivity index is 1.88. The Bertz CT molecular complexity index is 547. The molecule has 23 heavy (non-hydrogen) atoms. The van der Waals surface area contributed by atoms with Gasteiger partial charge in [-0.15, -0.1) is 0 Å². The molecule has 1 aromatic rings. The summed E-state index contributed by atoms with van der Waals surface area (Å²) in [7, 11) is 0. The number of amides is 2.